The van der Waals surface area contributed by atoms with E-state index >= 15 is 0 Å². The van der Waals surface area contributed by atoms with Crippen molar-refractivity contribution in [3.05, 3.63) is 164 Å². The average molecular weight is 749 g/mol. The Morgan fingerprint density at radius 3 is 2.07 bits per heavy atom. The fourth-order valence-corrected chi connectivity index (χ4v) is 9.13. The van der Waals surface area contributed by atoms with Crippen molar-refractivity contribution in [1.29, 1.82) is 0 Å². The molecule has 0 saturated heterocycles. The molecule has 0 fully saturated rings. The largest absolute Gasteiger partial charge is 0.450 e. The predicted molar refractivity (Wildman–Crippen MR) is 232 cm³/mol. The van der Waals surface area contributed by atoms with Crippen molar-refractivity contribution in [2.45, 2.75) is 0 Å². The molecule has 0 spiro atoms. The summed E-state index contributed by atoms with van der Waals surface area (Å²) in [5, 5.41) is 6.81. The highest BCUT2D eigenvalue weighted by Gasteiger charge is 2.31. The number of aromatic nitrogens is 6. The molecule has 0 unspecified atom stereocenters. The summed E-state index contributed by atoms with van der Waals surface area (Å²) in [5.74, 6) is 2.39. The maximum absolute atomic E-state index is 7.16. The molecule has 0 amide bonds. The van der Waals surface area contributed by atoms with Crippen LogP contribution < -0.4 is 0 Å². The predicted octanol–water partition coefficient (Wildman–Crippen LogP) is 12.9. The first kappa shape index (κ1) is 31.8. The van der Waals surface area contributed by atoms with E-state index in [1.165, 1.54) is 0 Å². The Labute approximate surface area is 329 Å². The summed E-state index contributed by atoms with van der Waals surface area (Å²) in [6, 6.07) is 53.9. The van der Waals surface area contributed by atoms with E-state index in [2.05, 4.69) is 89.9 Å². The Balaban J connectivity index is 1.30. The van der Waals surface area contributed by atoms with Crippen LogP contribution in [0.25, 0.3) is 121 Å². The zero-order valence-electron chi connectivity index (χ0n) is 30.1. The van der Waals surface area contributed by atoms with Crippen LogP contribution in [0.4, 0.5) is 0 Å². The topological polar surface area (TPSA) is 93.4 Å². The third-order valence-corrected chi connectivity index (χ3v) is 11.8. The van der Waals surface area contributed by atoms with E-state index in [9.17, 15) is 0 Å². The number of para-hydroxylation sites is 5. The van der Waals surface area contributed by atoms with Gasteiger partial charge in [-0.1, -0.05) is 109 Å². The Hall–Kier alpha value is -7.55. The van der Waals surface area contributed by atoms with E-state index in [-0.39, 0.29) is 0 Å². The number of nitrogens with zero attached hydrogens (tertiary/aromatic N) is 5. The maximum atomic E-state index is 7.16. The van der Waals surface area contributed by atoms with Gasteiger partial charge in [-0.2, -0.15) is 0 Å². The molecule has 12 rings (SSSR count). The molecule has 57 heavy (non-hydrogen) atoms. The Morgan fingerprint density at radius 2 is 1.21 bits per heavy atom. The zero-order chi connectivity index (χ0) is 37.5. The van der Waals surface area contributed by atoms with Crippen molar-refractivity contribution in [1.82, 2.24) is 29.9 Å². The van der Waals surface area contributed by atoms with Crippen molar-refractivity contribution < 1.29 is 4.42 Å². The van der Waals surface area contributed by atoms with Crippen LogP contribution in [0.3, 0.4) is 0 Å². The van der Waals surface area contributed by atoms with Crippen LogP contribution in [-0.4, -0.2) is 29.9 Å². The number of hydrogen-bond acceptors (Lipinski definition) is 7. The SMILES string of the molecule is c1ccc2nc(-c3oc(-c4ncc5ccccc5n4)c4cc(-c5cccc6ccccc56)c(-c5nc6ccccc6[nH]5)c(-c5nc6ccccc6s5)c34)ccc2c1. The lowest BCUT2D eigenvalue weighted by Gasteiger charge is -2.17. The molecule has 7 aromatic carbocycles. The second kappa shape index (κ2) is 12.5. The molecule has 0 radical (unpaired) electrons. The Kier molecular flexibility index (Phi) is 6.96. The van der Waals surface area contributed by atoms with Crippen LogP contribution in [0.1, 0.15) is 0 Å². The molecule has 5 aromatic heterocycles. The number of furan rings is 1. The van der Waals surface area contributed by atoms with Crippen molar-refractivity contribution >= 4 is 75.9 Å². The normalized spacial score (nSPS) is 11.9. The number of fused-ring (bicyclic) bond motifs is 6. The van der Waals surface area contributed by atoms with Gasteiger partial charge in [-0.3, -0.25) is 0 Å². The van der Waals surface area contributed by atoms with Gasteiger partial charge >= 0.3 is 0 Å². The molecule has 0 aliphatic rings. The van der Waals surface area contributed by atoms with Gasteiger partial charge in [-0.05, 0) is 70.4 Å². The molecule has 0 atom stereocenters. The number of thiazole rings is 1. The summed E-state index contributed by atoms with van der Waals surface area (Å²) in [7, 11) is 0. The molecule has 1 N–H and O–H groups in total. The fourth-order valence-electron chi connectivity index (χ4n) is 8.11. The summed E-state index contributed by atoms with van der Waals surface area (Å²) < 4.78 is 8.24. The minimum absolute atomic E-state index is 0.487. The lowest BCUT2D eigenvalue weighted by atomic mass is 9.87. The second-order valence-electron chi connectivity index (χ2n) is 14.1. The molecule has 12 aromatic rings. The molecule has 0 saturated carbocycles. The van der Waals surface area contributed by atoms with E-state index in [4.69, 9.17) is 29.3 Å². The van der Waals surface area contributed by atoms with E-state index in [1.807, 2.05) is 79.0 Å². The first-order valence-electron chi connectivity index (χ1n) is 18.7. The number of benzene rings is 7. The highest BCUT2D eigenvalue weighted by atomic mass is 32.1. The number of nitrogens with one attached hydrogen (secondary N) is 1. The Bertz CT molecular complexity index is 3490. The van der Waals surface area contributed by atoms with Gasteiger partial charge in [-0.15, -0.1) is 11.3 Å². The number of rotatable bonds is 5. The number of aromatic amines is 1. The quantitative estimate of drug-likeness (QED) is 0.188. The van der Waals surface area contributed by atoms with Crippen LogP contribution in [0, 0.1) is 0 Å². The minimum atomic E-state index is 0.487. The molecule has 266 valence electrons. The lowest BCUT2D eigenvalue weighted by molar-refractivity contribution is 0.595. The molecule has 0 aliphatic heterocycles. The van der Waals surface area contributed by atoms with Crippen molar-refractivity contribution in [2.75, 3.05) is 0 Å². The zero-order valence-corrected chi connectivity index (χ0v) is 31.0. The molecule has 5 heterocycles. The smallest absolute Gasteiger partial charge is 0.196 e. The van der Waals surface area contributed by atoms with Crippen molar-refractivity contribution in [3.8, 4) is 56.1 Å². The van der Waals surface area contributed by atoms with Crippen molar-refractivity contribution in [2.24, 2.45) is 0 Å². The fraction of sp³-hybridized carbons (Fsp3) is 0. The average Bonchev–Trinajstić information content (AvgIpc) is 4.01. The van der Waals surface area contributed by atoms with Gasteiger partial charge in [0.2, 0.25) is 0 Å². The van der Waals surface area contributed by atoms with Crippen LogP contribution in [0.15, 0.2) is 168 Å². The summed E-state index contributed by atoms with van der Waals surface area (Å²) in [6.07, 6.45) is 1.86. The van der Waals surface area contributed by atoms with E-state index in [0.717, 1.165) is 97.7 Å². The van der Waals surface area contributed by atoms with Gasteiger partial charge in [0.05, 0.1) is 32.3 Å². The maximum Gasteiger partial charge on any atom is 0.196 e. The van der Waals surface area contributed by atoms with E-state index in [1.54, 1.807) is 11.3 Å². The van der Waals surface area contributed by atoms with Gasteiger partial charge < -0.3 is 9.40 Å². The lowest BCUT2D eigenvalue weighted by Crippen LogP contribution is -1.96. The van der Waals surface area contributed by atoms with Gasteiger partial charge in [0.1, 0.15) is 16.5 Å². The molecule has 0 bridgehead atoms. The van der Waals surface area contributed by atoms with Crippen LogP contribution in [0.5, 0.6) is 0 Å². The molecular formula is C49H28N6OS. The summed E-state index contributed by atoms with van der Waals surface area (Å²) >= 11 is 1.66. The molecule has 0 aliphatic carbocycles. The Morgan fingerprint density at radius 1 is 0.491 bits per heavy atom. The standard InChI is InChI=1S/C49H28N6OS/c1-4-16-31-28(12-1)15-11-17-32(31)33-26-34-42(44(49-55-39-22-9-10-23-41(39)57-49)43(33)47-53-37-20-7-8-21-38(37)54-47)46(40-25-24-29-13-2-5-18-35(29)51-40)56-45(34)48-50-27-30-14-3-6-19-36(30)52-48/h1-27H,(H,53,54). The van der Waals surface area contributed by atoms with Crippen LogP contribution in [-0.2, 0) is 0 Å². The monoisotopic (exact) mass is 748 g/mol. The second-order valence-corrected chi connectivity index (χ2v) is 15.1. The van der Waals surface area contributed by atoms with Gasteiger partial charge in [0.25, 0.3) is 0 Å². The van der Waals surface area contributed by atoms with Gasteiger partial charge in [-0.25, -0.2) is 24.9 Å². The number of pyridine rings is 1. The van der Waals surface area contributed by atoms with Gasteiger partial charge in [0, 0.05) is 38.9 Å². The number of imidazole rings is 1. The molecule has 7 nitrogen and oxygen atoms in total. The van der Waals surface area contributed by atoms with E-state index < -0.39 is 0 Å². The third kappa shape index (κ3) is 5.08. The molecule has 8 heteroatoms. The highest BCUT2D eigenvalue weighted by Crippen LogP contribution is 2.52. The summed E-state index contributed by atoms with van der Waals surface area (Å²) in [4.78, 5) is 29.6. The highest BCUT2D eigenvalue weighted by molar-refractivity contribution is 7.21. The summed E-state index contributed by atoms with van der Waals surface area (Å²) in [6.45, 7) is 0. The third-order valence-electron chi connectivity index (χ3n) is 10.7. The first-order valence-corrected chi connectivity index (χ1v) is 19.6. The first-order chi connectivity index (χ1) is 28.2. The summed E-state index contributed by atoms with van der Waals surface area (Å²) in [5.41, 5.74) is 9.00. The number of hydrogen-bond donors (Lipinski definition) is 1. The minimum Gasteiger partial charge on any atom is -0.450 e. The van der Waals surface area contributed by atoms with E-state index in [0.29, 0.717) is 23.0 Å². The van der Waals surface area contributed by atoms with Crippen LogP contribution >= 0.6 is 11.3 Å². The van der Waals surface area contributed by atoms with Gasteiger partial charge in [0.15, 0.2) is 17.3 Å². The number of H-pyrrole nitrogens is 1. The molecular weight excluding hydrogens is 721 g/mol. The van der Waals surface area contributed by atoms with Crippen LogP contribution in [0.2, 0.25) is 0 Å². The van der Waals surface area contributed by atoms with Crippen molar-refractivity contribution in [3.63, 3.8) is 0 Å².